The average molecular weight is 297 g/mol. The topological polar surface area (TPSA) is 40.5 Å². The van der Waals surface area contributed by atoms with Crippen molar-refractivity contribution >= 4 is 12.6 Å². The minimum atomic E-state index is -0.472. The van der Waals surface area contributed by atoms with Gasteiger partial charge >= 0.3 is 7.12 Å². The Labute approximate surface area is 130 Å². The highest BCUT2D eigenvalue weighted by Crippen LogP contribution is 2.36. The zero-order valence-electron chi connectivity index (χ0n) is 13.4. The van der Waals surface area contributed by atoms with Crippen molar-refractivity contribution in [2.75, 3.05) is 0 Å². The fraction of sp³-hybridized carbons (Fsp3) is 0.353. The molecule has 1 fully saturated rings. The summed E-state index contributed by atoms with van der Waals surface area (Å²) in [6.07, 6.45) is 1.79. The lowest BCUT2D eigenvalue weighted by atomic mass is 9.80. The summed E-state index contributed by atoms with van der Waals surface area (Å²) in [5, 5.41) is 0. The molecule has 22 heavy (non-hydrogen) atoms. The summed E-state index contributed by atoms with van der Waals surface area (Å²) in [6, 6.07) is 12.8. The number of hydrogen-bond acceptors (Lipinski definition) is 3. The van der Waals surface area contributed by atoms with Crippen molar-refractivity contribution in [1.29, 1.82) is 0 Å². The van der Waals surface area contributed by atoms with Gasteiger partial charge in [0.05, 0.1) is 11.2 Å². The Balaban J connectivity index is 2.00. The normalized spacial score (nSPS) is 19.4. The molecular weight excluding hydrogens is 277 g/mol. The predicted octanol–water partition coefficient (Wildman–Crippen LogP) is 2.14. The summed E-state index contributed by atoms with van der Waals surface area (Å²) >= 11 is 0. The van der Waals surface area contributed by atoms with Crippen LogP contribution in [0, 0.1) is 0 Å². The SMILES string of the molecule is CC1(C)OB(c2ccc(=O)n(-c3ccccc3)c2)OC1(C)C. The molecule has 0 radical (unpaired) electrons. The van der Waals surface area contributed by atoms with Gasteiger partial charge in [-0.05, 0) is 45.3 Å². The molecule has 1 aliphatic rings. The van der Waals surface area contributed by atoms with Crippen LogP contribution in [-0.4, -0.2) is 22.9 Å². The van der Waals surface area contributed by atoms with Crippen molar-refractivity contribution in [1.82, 2.24) is 4.57 Å². The van der Waals surface area contributed by atoms with Gasteiger partial charge in [0.25, 0.3) is 5.56 Å². The van der Waals surface area contributed by atoms with Crippen molar-refractivity contribution in [3.8, 4) is 5.69 Å². The Kier molecular flexibility index (Phi) is 3.50. The first-order valence-corrected chi connectivity index (χ1v) is 7.44. The lowest BCUT2D eigenvalue weighted by Crippen LogP contribution is -2.41. The van der Waals surface area contributed by atoms with Crippen molar-refractivity contribution in [2.45, 2.75) is 38.9 Å². The van der Waals surface area contributed by atoms with E-state index in [1.807, 2.05) is 58.0 Å². The summed E-state index contributed by atoms with van der Waals surface area (Å²) in [7, 11) is -0.472. The van der Waals surface area contributed by atoms with Crippen molar-refractivity contribution in [2.24, 2.45) is 0 Å². The Morgan fingerprint density at radius 3 is 2.09 bits per heavy atom. The largest absolute Gasteiger partial charge is 0.496 e. The van der Waals surface area contributed by atoms with E-state index in [9.17, 15) is 4.79 Å². The van der Waals surface area contributed by atoms with E-state index in [0.29, 0.717) is 0 Å². The maximum absolute atomic E-state index is 12.1. The first kappa shape index (κ1) is 15.1. The molecule has 1 aromatic carbocycles. The smallest absolute Gasteiger partial charge is 0.399 e. The lowest BCUT2D eigenvalue weighted by molar-refractivity contribution is 0.00578. The van der Waals surface area contributed by atoms with Gasteiger partial charge in [-0.25, -0.2) is 0 Å². The predicted molar refractivity (Wildman–Crippen MR) is 87.8 cm³/mol. The number of rotatable bonds is 2. The fourth-order valence-corrected chi connectivity index (χ4v) is 2.41. The van der Waals surface area contributed by atoms with Gasteiger partial charge in [-0.1, -0.05) is 24.3 Å². The molecule has 1 saturated heterocycles. The minimum absolute atomic E-state index is 0.0773. The minimum Gasteiger partial charge on any atom is -0.399 e. The van der Waals surface area contributed by atoms with E-state index in [1.165, 1.54) is 0 Å². The molecule has 0 saturated carbocycles. The standard InChI is InChI=1S/C17H20BNO3/c1-16(2)17(3,4)22-18(21-16)13-10-11-15(20)19(12-13)14-8-6-5-7-9-14/h5-12H,1-4H3. The molecule has 0 unspecified atom stereocenters. The maximum Gasteiger partial charge on any atom is 0.496 e. The molecule has 3 rings (SSSR count). The van der Waals surface area contributed by atoms with Crippen LogP contribution in [0.4, 0.5) is 0 Å². The van der Waals surface area contributed by atoms with Crippen LogP contribution in [0.1, 0.15) is 27.7 Å². The van der Waals surface area contributed by atoms with Crippen molar-refractivity contribution in [3.63, 3.8) is 0 Å². The summed E-state index contributed by atoms with van der Waals surface area (Å²) in [4.78, 5) is 12.1. The van der Waals surface area contributed by atoms with Crippen LogP contribution >= 0.6 is 0 Å². The summed E-state index contributed by atoms with van der Waals surface area (Å²) in [5.74, 6) is 0. The summed E-state index contributed by atoms with van der Waals surface area (Å²) < 4.78 is 13.7. The lowest BCUT2D eigenvalue weighted by Gasteiger charge is -2.32. The zero-order valence-corrected chi connectivity index (χ0v) is 13.4. The first-order chi connectivity index (χ1) is 10.3. The van der Waals surface area contributed by atoms with Crippen LogP contribution in [0.15, 0.2) is 53.5 Å². The molecule has 4 nitrogen and oxygen atoms in total. The van der Waals surface area contributed by atoms with E-state index in [-0.39, 0.29) is 5.56 Å². The average Bonchev–Trinajstić information content (AvgIpc) is 2.69. The Hall–Kier alpha value is -1.85. The quantitative estimate of drug-likeness (QED) is 0.797. The third-order valence-electron chi connectivity index (χ3n) is 4.49. The number of benzene rings is 1. The second kappa shape index (κ2) is 5.11. The molecule has 0 amide bonds. The molecule has 0 atom stereocenters. The van der Waals surface area contributed by atoms with Gasteiger partial charge in [0.1, 0.15) is 0 Å². The Morgan fingerprint density at radius 1 is 0.909 bits per heavy atom. The molecule has 1 aromatic heterocycles. The molecule has 5 heteroatoms. The molecular formula is C17H20BNO3. The number of aromatic nitrogens is 1. The first-order valence-electron chi connectivity index (χ1n) is 7.44. The molecule has 114 valence electrons. The van der Waals surface area contributed by atoms with Crippen LogP contribution in [0.25, 0.3) is 5.69 Å². The second-order valence-electron chi connectivity index (χ2n) is 6.59. The van der Waals surface area contributed by atoms with Gasteiger partial charge in [0.2, 0.25) is 0 Å². The van der Waals surface area contributed by atoms with Crippen molar-refractivity contribution in [3.05, 3.63) is 59.0 Å². The van der Waals surface area contributed by atoms with Crippen LogP contribution in [0.5, 0.6) is 0 Å². The molecule has 0 aliphatic carbocycles. The third-order valence-corrected chi connectivity index (χ3v) is 4.49. The highest BCUT2D eigenvalue weighted by molar-refractivity contribution is 6.62. The zero-order chi connectivity index (χ0) is 16.0. The van der Waals surface area contributed by atoms with Crippen LogP contribution in [-0.2, 0) is 9.31 Å². The van der Waals surface area contributed by atoms with Crippen LogP contribution in [0.2, 0.25) is 0 Å². The van der Waals surface area contributed by atoms with Gasteiger partial charge in [-0.3, -0.25) is 9.36 Å². The number of hydrogen-bond donors (Lipinski definition) is 0. The van der Waals surface area contributed by atoms with Gasteiger partial charge in [-0.2, -0.15) is 0 Å². The van der Waals surface area contributed by atoms with Crippen molar-refractivity contribution < 1.29 is 9.31 Å². The monoisotopic (exact) mass is 297 g/mol. The van der Waals surface area contributed by atoms with E-state index < -0.39 is 18.3 Å². The van der Waals surface area contributed by atoms with Crippen LogP contribution < -0.4 is 11.0 Å². The number of nitrogens with zero attached hydrogens (tertiary/aromatic N) is 1. The molecule has 0 bridgehead atoms. The summed E-state index contributed by atoms with van der Waals surface area (Å²) in [5.41, 5.74) is 0.788. The van der Waals surface area contributed by atoms with Gasteiger partial charge in [0.15, 0.2) is 0 Å². The molecule has 0 spiro atoms. The van der Waals surface area contributed by atoms with E-state index in [1.54, 1.807) is 22.9 Å². The van der Waals surface area contributed by atoms with E-state index in [0.717, 1.165) is 11.2 Å². The Bertz CT molecular complexity index is 721. The highest BCUT2D eigenvalue weighted by atomic mass is 16.7. The molecule has 2 aromatic rings. The Morgan fingerprint density at radius 2 is 1.50 bits per heavy atom. The highest BCUT2D eigenvalue weighted by Gasteiger charge is 2.51. The van der Waals surface area contributed by atoms with Gasteiger partial charge in [-0.15, -0.1) is 0 Å². The number of para-hydroxylation sites is 1. The van der Waals surface area contributed by atoms with E-state index in [4.69, 9.17) is 9.31 Å². The fourth-order valence-electron chi connectivity index (χ4n) is 2.41. The van der Waals surface area contributed by atoms with Crippen LogP contribution in [0.3, 0.4) is 0 Å². The summed E-state index contributed by atoms with van der Waals surface area (Å²) in [6.45, 7) is 8.06. The molecule has 1 aliphatic heterocycles. The van der Waals surface area contributed by atoms with Gasteiger partial charge < -0.3 is 9.31 Å². The number of pyridine rings is 1. The van der Waals surface area contributed by atoms with E-state index in [2.05, 4.69) is 0 Å². The molecule has 2 heterocycles. The third kappa shape index (κ3) is 2.51. The van der Waals surface area contributed by atoms with Gasteiger partial charge in [0, 0.05) is 18.0 Å². The maximum atomic E-state index is 12.1. The second-order valence-corrected chi connectivity index (χ2v) is 6.59. The van der Waals surface area contributed by atoms with E-state index >= 15 is 0 Å². The molecule has 0 N–H and O–H groups in total.